The molecule has 160 valence electrons. The average molecular weight is 413 g/mol. The van der Waals surface area contributed by atoms with E-state index in [1.54, 1.807) is 26.4 Å². The van der Waals surface area contributed by atoms with E-state index >= 15 is 0 Å². The van der Waals surface area contributed by atoms with Gasteiger partial charge in [-0.25, -0.2) is 9.18 Å². The number of hydrogen-bond acceptors (Lipinski definition) is 4. The second kappa shape index (κ2) is 8.92. The first kappa shape index (κ1) is 20.5. The fourth-order valence-corrected chi connectivity index (χ4v) is 4.33. The SMILES string of the molecule is COc1ccc(OC)c(CN2CCN(C(=O)NC3CCc4cc(F)ccc43)CC2)c1. The minimum absolute atomic E-state index is 0.0350. The summed E-state index contributed by atoms with van der Waals surface area (Å²) in [6.07, 6.45) is 1.62. The molecule has 0 aromatic heterocycles. The van der Waals surface area contributed by atoms with Gasteiger partial charge in [0.1, 0.15) is 17.3 Å². The van der Waals surface area contributed by atoms with Crippen LogP contribution >= 0.6 is 0 Å². The number of urea groups is 1. The summed E-state index contributed by atoms with van der Waals surface area (Å²) in [5.74, 6) is 1.43. The van der Waals surface area contributed by atoms with Crippen LogP contribution in [0.3, 0.4) is 0 Å². The van der Waals surface area contributed by atoms with Crippen LogP contribution in [0.15, 0.2) is 36.4 Å². The number of carbonyl (C=O) groups excluding carboxylic acids is 1. The number of benzene rings is 2. The zero-order valence-electron chi connectivity index (χ0n) is 17.5. The molecule has 0 saturated carbocycles. The molecule has 0 bridgehead atoms. The Morgan fingerprint density at radius 1 is 1.10 bits per heavy atom. The van der Waals surface area contributed by atoms with Crippen molar-refractivity contribution < 1.29 is 18.7 Å². The number of hydrogen-bond donors (Lipinski definition) is 1. The average Bonchev–Trinajstić information content (AvgIpc) is 3.15. The molecule has 2 aromatic carbocycles. The van der Waals surface area contributed by atoms with Crippen LogP contribution in [-0.4, -0.2) is 56.2 Å². The zero-order chi connectivity index (χ0) is 21.1. The number of carbonyl (C=O) groups is 1. The van der Waals surface area contributed by atoms with Gasteiger partial charge in [0.2, 0.25) is 0 Å². The molecule has 1 aliphatic heterocycles. The van der Waals surface area contributed by atoms with Crippen LogP contribution in [0.1, 0.15) is 29.2 Å². The molecule has 1 N–H and O–H groups in total. The molecule has 1 fully saturated rings. The lowest BCUT2D eigenvalue weighted by Gasteiger charge is -2.35. The van der Waals surface area contributed by atoms with Gasteiger partial charge in [-0.3, -0.25) is 4.90 Å². The van der Waals surface area contributed by atoms with E-state index in [9.17, 15) is 9.18 Å². The molecule has 1 saturated heterocycles. The highest BCUT2D eigenvalue weighted by Gasteiger charge is 2.28. The Labute approximate surface area is 176 Å². The highest BCUT2D eigenvalue weighted by atomic mass is 19.1. The van der Waals surface area contributed by atoms with E-state index in [0.29, 0.717) is 13.1 Å². The van der Waals surface area contributed by atoms with Gasteiger partial charge in [-0.2, -0.15) is 0 Å². The van der Waals surface area contributed by atoms with E-state index in [-0.39, 0.29) is 17.9 Å². The normalized spacial score (nSPS) is 18.8. The van der Waals surface area contributed by atoms with Crippen molar-refractivity contribution in [2.24, 2.45) is 0 Å². The number of amides is 2. The van der Waals surface area contributed by atoms with Crippen LogP contribution < -0.4 is 14.8 Å². The molecule has 1 aliphatic carbocycles. The summed E-state index contributed by atoms with van der Waals surface area (Å²) in [7, 11) is 3.32. The number of rotatable bonds is 5. The van der Waals surface area contributed by atoms with Crippen molar-refractivity contribution in [1.82, 2.24) is 15.1 Å². The summed E-state index contributed by atoms with van der Waals surface area (Å²) < 4.78 is 24.2. The largest absolute Gasteiger partial charge is 0.497 e. The van der Waals surface area contributed by atoms with E-state index in [1.165, 1.54) is 6.07 Å². The molecule has 1 unspecified atom stereocenters. The third-order valence-electron chi connectivity index (χ3n) is 6.02. The molecule has 7 heteroatoms. The summed E-state index contributed by atoms with van der Waals surface area (Å²) >= 11 is 0. The van der Waals surface area contributed by atoms with Gasteiger partial charge in [-0.1, -0.05) is 6.07 Å². The maximum Gasteiger partial charge on any atom is 0.317 e. The standard InChI is InChI=1S/C23H28FN3O3/c1-29-19-5-8-22(30-2)17(14-19)15-26-9-11-27(12-10-26)23(28)25-21-7-3-16-13-18(24)4-6-20(16)21/h4-6,8,13-14,21H,3,7,9-12,15H2,1-2H3,(H,25,28). The maximum absolute atomic E-state index is 13.4. The fourth-order valence-electron chi connectivity index (χ4n) is 4.33. The Kier molecular flexibility index (Phi) is 6.08. The summed E-state index contributed by atoms with van der Waals surface area (Å²) in [6.45, 7) is 3.67. The lowest BCUT2D eigenvalue weighted by atomic mass is 10.1. The van der Waals surface area contributed by atoms with Crippen molar-refractivity contribution >= 4 is 6.03 Å². The van der Waals surface area contributed by atoms with Gasteiger partial charge in [0.15, 0.2) is 0 Å². The lowest BCUT2D eigenvalue weighted by Crippen LogP contribution is -2.51. The predicted molar refractivity (Wildman–Crippen MR) is 112 cm³/mol. The quantitative estimate of drug-likeness (QED) is 0.817. The Balaban J connectivity index is 1.31. The molecule has 6 nitrogen and oxygen atoms in total. The fraction of sp³-hybridized carbons (Fsp3) is 0.435. The summed E-state index contributed by atoms with van der Waals surface area (Å²) in [6, 6.07) is 10.6. The third kappa shape index (κ3) is 4.36. The Hall–Kier alpha value is -2.80. The highest BCUT2D eigenvalue weighted by molar-refractivity contribution is 5.75. The van der Waals surface area contributed by atoms with E-state index < -0.39 is 0 Å². The minimum Gasteiger partial charge on any atom is -0.497 e. The molecule has 2 amide bonds. The molecule has 4 rings (SSSR count). The van der Waals surface area contributed by atoms with E-state index in [2.05, 4.69) is 10.2 Å². The number of methoxy groups -OCH3 is 2. The molecule has 0 radical (unpaired) electrons. The number of nitrogens with zero attached hydrogens (tertiary/aromatic N) is 2. The molecule has 1 heterocycles. The number of piperazine rings is 1. The number of aryl methyl sites for hydroxylation is 1. The van der Waals surface area contributed by atoms with Gasteiger partial charge in [-0.15, -0.1) is 0 Å². The molecule has 1 atom stereocenters. The second-order valence-corrected chi connectivity index (χ2v) is 7.82. The van der Waals surface area contributed by atoms with Crippen LogP contribution in [0, 0.1) is 5.82 Å². The van der Waals surface area contributed by atoms with E-state index in [4.69, 9.17) is 9.47 Å². The molecular formula is C23H28FN3O3. The van der Waals surface area contributed by atoms with Crippen molar-refractivity contribution in [2.75, 3.05) is 40.4 Å². The van der Waals surface area contributed by atoms with Crippen molar-refractivity contribution in [2.45, 2.75) is 25.4 Å². The van der Waals surface area contributed by atoms with Gasteiger partial charge < -0.3 is 19.7 Å². The van der Waals surface area contributed by atoms with Gasteiger partial charge in [0, 0.05) is 38.3 Å². The topological polar surface area (TPSA) is 54.0 Å². The monoisotopic (exact) mass is 413 g/mol. The third-order valence-corrected chi connectivity index (χ3v) is 6.02. The van der Waals surface area contributed by atoms with E-state index in [0.717, 1.165) is 60.7 Å². The molecule has 0 spiro atoms. The number of fused-ring (bicyclic) bond motifs is 1. The van der Waals surface area contributed by atoms with Crippen LogP contribution in [0.5, 0.6) is 11.5 Å². The van der Waals surface area contributed by atoms with Gasteiger partial charge in [-0.05, 0) is 54.3 Å². The first-order valence-electron chi connectivity index (χ1n) is 10.3. The van der Waals surface area contributed by atoms with Crippen LogP contribution in [-0.2, 0) is 13.0 Å². The van der Waals surface area contributed by atoms with Gasteiger partial charge in [0.25, 0.3) is 0 Å². The van der Waals surface area contributed by atoms with Crippen LogP contribution in [0.25, 0.3) is 0 Å². The summed E-state index contributed by atoms with van der Waals surface area (Å²) in [5.41, 5.74) is 3.11. The smallest absolute Gasteiger partial charge is 0.317 e. The van der Waals surface area contributed by atoms with Crippen LogP contribution in [0.4, 0.5) is 9.18 Å². The van der Waals surface area contributed by atoms with Crippen molar-refractivity contribution in [3.63, 3.8) is 0 Å². The zero-order valence-corrected chi connectivity index (χ0v) is 17.5. The molecule has 2 aromatic rings. The first-order chi connectivity index (χ1) is 14.6. The number of ether oxygens (including phenoxy) is 2. The number of halogens is 1. The lowest BCUT2D eigenvalue weighted by molar-refractivity contribution is 0.132. The van der Waals surface area contributed by atoms with Gasteiger partial charge in [0.05, 0.1) is 20.3 Å². The van der Waals surface area contributed by atoms with E-state index in [1.807, 2.05) is 23.1 Å². The van der Waals surface area contributed by atoms with Gasteiger partial charge >= 0.3 is 6.03 Å². The molecular weight excluding hydrogens is 385 g/mol. The molecule has 2 aliphatic rings. The number of nitrogens with one attached hydrogen (secondary N) is 1. The maximum atomic E-state index is 13.4. The molecule has 30 heavy (non-hydrogen) atoms. The van der Waals surface area contributed by atoms with Crippen LogP contribution in [0.2, 0.25) is 0 Å². The first-order valence-corrected chi connectivity index (χ1v) is 10.3. The van der Waals surface area contributed by atoms with Crippen molar-refractivity contribution in [3.05, 3.63) is 58.9 Å². The minimum atomic E-state index is -0.218. The summed E-state index contributed by atoms with van der Waals surface area (Å²) in [5, 5.41) is 3.13. The summed E-state index contributed by atoms with van der Waals surface area (Å²) in [4.78, 5) is 16.9. The Bertz CT molecular complexity index is 913. The highest BCUT2D eigenvalue weighted by Crippen LogP contribution is 2.31. The Morgan fingerprint density at radius 2 is 1.90 bits per heavy atom. The van der Waals surface area contributed by atoms with Crippen molar-refractivity contribution in [1.29, 1.82) is 0 Å². The Morgan fingerprint density at radius 3 is 2.63 bits per heavy atom. The predicted octanol–water partition coefficient (Wildman–Crippen LogP) is 3.36. The second-order valence-electron chi connectivity index (χ2n) is 7.82. The van der Waals surface area contributed by atoms with Crippen molar-refractivity contribution in [3.8, 4) is 11.5 Å².